The number of aliphatic hydroxyl groups is 5. The standard InChI is InChI=1S/C58H111NO8/c1-3-5-7-9-11-13-15-17-19-21-22-23-24-25-26-27-28-29-30-31-32-33-35-37-39-41-43-45-47-52(61)51(50-66-58-57(65)56(64)55(63)53(49-60)67-58)59-54(62)48-46-44-42-40-38-36-34-20-18-16-14-12-10-8-6-4-2/h14,16,20,34,51-53,55-58,60-61,63-65H,3-13,15,17-19,21-33,35-50H2,1-2H3,(H,59,62)/b16-14-,34-20-. The zero-order valence-corrected chi connectivity index (χ0v) is 43.9. The Kier molecular flexibility index (Phi) is 45.9. The van der Waals surface area contributed by atoms with Gasteiger partial charge in [-0.1, -0.05) is 256 Å². The second-order valence-electron chi connectivity index (χ2n) is 20.4. The summed E-state index contributed by atoms with van der Waals surface area (Å²) in [6.07, 6.45) is 53.6. The fourth-order valence-electron chi connectivity index (χ4n) is 9.43. The van der Waals surface area contributed by atoms with Gasteiger partial charge >= 0.3 is 0 Å². The summed E-state index contributed by atoms with van der Waals surface area (Å²) in [5.41, 5.74) is 0. The minimum atomic E-state index is -1.56. The molecule has 1 aliphatic rings. The van der Waals surface area contributed by atoms with E-state index in [0.29, 0.717) is 12.8 Å². The van der Waals surface area contributed by atoms with Crippen molar-refractivity contribution in [2.75, 3.05) is 13.2 Å². The molecule has 0 aromatic heterocycles. The molecule has 0 saturated carbocycles. The lowest BCUT2D eigenvalue weighted by atomic mass is 9.99. The molecule has 0 spiro atoms. The maximum Gasteiger partial charge on any atom is 0.220 e. The van der Waals surface area contributed by atoms with Crippen LogP contribution in [0, 0.1) is 0 Å². The molecule has 9 nitrogen and oxygen atoms in total. The number of aliphatic hydroxyl groups excluding tert-OH is 5. The topological polar surface area (TPSA) is 149 Å². The van der Waals surface area contributed by atoms with E-state index in [0.717, 1.165) is 64.2 Å². The molecule has 0 bridgehead atoms. The van der Waals surface area contributed by atoms with E-state index in [1.807, 2.05) is 0 Å². The number of carbonyl (C=O) groups is 1. The number of nitrogens with one attached hydrogen (secondary N) is 1. The molecule has 1 rings (SSSR count). The minimum Gasteiger partial charge on any atom is -0.394 e. The van der Waals surface area contributed by atoms with Crippen LogP contribution < -0.4 is 5.32 Å². The van der Waals surface area contributed by atoms with Crippen molar-refractivity contribution < 1.29 is 39.8 Å². The second-order valence-corrected chi connectivity index (χ2v) is 20.4. The number of ether oxygens (including phenoxy) is 2. The maximum absolute atomic E-state index is 13.0. The van der Waals surface area contributed by atoms with Crippen molar-refractivity contribution in [2.24, 2.45) is 0 Å². The van der Waals surface area contributed by atoms with Crippen molar-refractivity contribution in [1.82, 2.24) is 5.32 Å². The Hall–Kier alpha value is -1.33. The van der Waals surface area contributed by atoms with Crippen LogP contribution in [0.5, 0.6) is 0 Å². The number of carbonyl (C=O) groups excluding carboxylic acids is 1. The Labute approximate surface area is 413 Å². The smallest absolute Gasteiger partial charge is 0.220 e. The first-order valence-electron chi connectivity index (χ1n) is 29.0. The van der Waals surface area contributed by atoms with Crippen LogP contribution in [0.15, 0.2) is 24.3 Å². The van der Waals surface area contributed by atoms with E-state index in [9.17, 15) is 30.3 Å². The highest BCUT2D eigenvalue weighted by atomic mass is 16.7. The van der Waals surface area contributed by atoms with Crippen molar-refractivity contribution in [3.8, 4) is 0 Å². The summed E-state index contributed by atoms with van der Waals surface area (Å²) in [4.78, 5) is 13.0. The third kappa shape index (κ3) is 38.1. The maximum atomic E-state index is 13.0. The van der Waals surface area contributed by atoms with Crippen LogP contribution in [0.3, 0.4) is 0 Å². The summed E-state index contributed by atoms with van der Waals surface area (Å²) in [6.45, 7) is 3.84. The monoisotopic (exact) mass is 950 g/mol. The molecule has 6 N–H and O–H groups in total. The number of rotatable bonds is 50. The molecule has 1 amide bonds. The van der Waals surface area contributed by atoms with Crippen LogP contribution in [0.1, 0.15) is 284 Å². The zero-order valence-electron chi connectivity index (χ0n) is 43.9. The molecule has 1 saturated heterocycles. The van der Waals surface area contributed by atoms with Crippen LogP contribution in [0.2, 0.25) is 0 Å². The van der Waals surface area contributed by atoms with Crippen LogP contribution in [0.4, 0.5) is 0 Å². The van der Waals surface area contributed by atoms with E-state index in [4.69, 9.17) is 9.47 Å². The molecule has 0 radical (unpaired) electrons. The van der Waals surface area contributed by atoms with Crippen molar-refractivity contribution in [2.45, 2.75) is 326 Å². The second kappa shape index (κ2) is 48.3. The van der Waals surface area contributed by atoms with Gasteiger partial charge in [-0.05, 0) is 44.9 Å². The minimum absolute atomic E-state index is 0.141. The van der Waals surface area contributed by atoms with E-state index in [2.05, 4.69) is 43.5 Å². The van der Waals surface area contributed by atoms with E-state index in [1.165, 1.54) is 193 Å². The van der Waals surface area contributed by atoms with E-state index in [1.54, 1.807) is 0 Å². The predicted molar refractivity (Wildman–Crippen MR) is 281 cm³/mol. The highest BCUT2D eigenvalue weighted by molar-refractivity contribution is 5.76. The van der Waals surface area contributed by atoms with Crippen LogP contribution in [-0.2, 0) is 14.3 Å². The summed E-state index contributed by atoms with van der Waals surface area (Å²) >= 11 is 0. The lowest BCUT2D eigenvalue weighted by Gasteiger charge is -2.40. The highest BCUT2D eigenvalue weighted by Crippen LogP contribution is 2.23. The quantitative estimate of drug-likeness (QED) is 0.0261. The molecule has 7 unspecified atom stereocenters. The van der Waals surface area contributed by atoms with E-state index < -0.39 is 49.5 Å². The van der Waals surface area contributed by atoms with Gasteiger partial charge in [-0.15, -0.1) is 0 Å². The molecular weight excluding hydrogens is 839 g/mol. The number of amides is 1. The van der Waals surface area contributed by atoms with Crippen LogP contribution in [0.25, 0.3) is 0 Å². The SMILES string of the molecule is CCCCCC/C=C\C/C=C\CCCCCCCC(=O)NC(COC1OC(CO)C(O)C(O)C1O)C(O)CCCCCCCCCCCCCCCCCCCCCCCCCCCCCC. The van der Waals surface area contributed by atoms with Crippen molar-refractivity contribution in [1.29, 1.82) is 0 Å². The molecule has 7 atom stereocenters. The molecular formula is C58H111NO8. The molecule has 0 aromatic carbocycles. The number of hydrogen-bond donors (Lipinski definition) is 6. The van der Waals surface area contributed by atoms with Gasteiger partial charge < -0.3 is 40.3 Å². The van der Waals surface area contributed by atoms with Gasteiger partial charge in [0, 0.05) is 6.42 Å². The molecule has 9 heteroatoms. The Morgan fingerprint density at radius 2 is 0.881 bits per heavy atom. The summed E-state index contributed by atoms with van der Waals surface area (Å²) in [7, 11) is 0. The fourth-order valence-corrected chi connectivity index (χ4v) is 9.43. The van der Waals surface area contributed by atoms with Gasteiger partial charge in [0.25, 0.3) is 0 Å². The normalized spacial score (nSPS) is 19.8. The molecule has 1 heterocycles. The number of hydrogen-bond acceptors (Lipinski definition) is 8. The van der Waals surface area contributed by atoms with Crippen LogP contribution in [-0.4, -0.2) is 87.5 Å². The Morgan fingerprint density at radius 1 is 0.507 bits per heavy atom. The molecule has 1 aliphatic heterocycles. The van der Waals surface area contributed by atoms with Crippen molar-refractivity contribution in [3.63, 3.8) is 0 Å². The average Bonchev–Trinajstić information content (AvgIpc) is 3.33. The van der Waals surface area contributed by atoms with Gasteiger partial charge in [-0.3, -0.25) is 4.79 Å². The van der Waals surface area contributed by atoms with Gasteiger partial charge in [0.2, 0.25) is 5.91 Å². The van der Waals surface area contributed by atoms with E-state index >= 15 is 0 Å². The third-order valence-electron chi connectivity index (χ3n) is 14.1. The number of allylic oxidation sites excluding steroid dienone is 4. The first-order chi connectivity index (χ1) is 32.8. The first kappa shape index (κ1) is 63.7. The van der Waals surface area contributed by atoms with Gasteiger partial charge in [-0.2, -0.15) is 0 Å². The Morgan fingerprint density at radius 3 is 1.30 bits per heavy atom. The third-order valence-corrected chi connectivity index (χ3v) is 14.1. The summed E-state index contributed by atoms with van der Waals surface area (Å²) < 4.78 is 11.3. The zero-order chi connectivity index (χ0) is 48.7. The summed E-state index contributed by atoms with van der Waals surface area (Å²) in [5.74, 6) is -0.154. The highest BCUT2D eigenvalue weighted by Gasteiger charge is 2.44. The average molecular weight is 951 g/mol. The van der Waals surface area contributed by atoms with Crippen molar-refractivity contribution in [3.05, 3.63) is 24.3 Å². The molecule has 396 valence electrons. The van der Waals surface area contributed by atoms with Crippen LogP contribution >= 0.6 is 0 Å². The lowest BCUT2D eigenvalue weighted by Crippen LogP contribution is -2.60. The first-order valence-corrected chi connectivity index (χ1v) is 29.0. The summed E-state index contributed by atoms with van der Waals surface area (Å²) in [5, 5.41) is 54.6. The predicted octanol–water partition coefficient (Wildman–Crippen LogP) is 14.2. The number of unbranched alkanes of at least 4 members (excludes halogenated alkanes) is 36. The largest absolute Gasteiger partial charge is 0.394 e. The van der Waals surface area contributed by atoms with Gasteiger partial charge in [0.15, 0.2) is 6.29 Å². The molecule has 0 aromatic rings. The summed E-state index contributed by atoms with van der Waals surface area (Å²) in [6, 6.07) is -0.725. The lowest BCUT2D eigenvalue weighted by molar-refractivity contribution is -0.302. The van der Waals surface area contributed by atoms with E-state index in [-0.39, 0.29) is 12.5 Å². The molecule has 67 heavy (non-hydrogen) atoms. The molecule has 0 aliphatic carbocycles. The van der Waals surface area contributed by atoms with Gasteiger partial charge in [0.05, 0.1) is 25.4 Å². The van der Waals surface area contributed by atoms with Gasteiger partial charge in [-0.25, -0.2) is 0 Å². The Balaban J connectivity index is 2.17. The fraction of sp³-hybridized carbons (Fsp3) is 0.914. The molecule has 1 fully saturated rings. The Bertz CT molecular complexity index is 1100. The van der Waals surface area contributed by atoms with Gasteiger partial charge in [0.1, 0.15) is 24.4 Å². The van der Waals surface area contributed by atoms with Crippen molar-refractivity contribution >= 4 is 5.91 Å².